The lowest BCUT2D eigenvalue weighted by Gasteiger charge is -2.44. The Morgan fingerprint density at radius 3 is 2.04 bits per heavy atom. The fraction of sp³-hybridized carbons (Fsp3) is 1.00. The minimum Gasteiger partial charge on any atom is -0.394 e. The highest BCUT2D eigenvalue weighted by Gasteiger charge is 2.51. The summed E-state index contributed by atoms with van der Waals surface area (Å²) >= 11 is 3.64. The molecule has 2 aliphatic heterocycles. The van der Waals surface area contributed by atoms with Crippen molar-refractivity contribution in [2.45, 2.75) is 60.2 Å². The third kappa shape index (κ3) is 3.85. The lowest BCUT2D eigenvalue weighted by Crippen LogP contribution is -2.64. The van der Waals surface area contributed by atoms with Crippen LogP contribution in [0.15, 0.2) is 0 Å². The van der Waals surface area contributed by atoms with E-state index in [1.165, 1.54) is 0 Å². The van der Waals surface area contributed by atoms with E-state index >= 15 is 0 Å². The molecule has 2 aliphatic rings. The summed E-state index contributed by atoms with van der Waals surface area (Å²) < 4.78 is 15.2. The molecule has 2 fully saturated rings. The molecule has 0 saturated carbocycles. The van der Waals surface area contributed by atoms with Crippen molar-refractivity contribution in [2.24, 2.45) is 0 Å². The van der Waals surface area contributed by atoms with Gasteiger partial charge in [0, 0.05) is 0 Å². The van der Waals surface area contributed by atoms with Gasteiger partial charge in [-0.05, 0) is 0 Å². The Bertz CT molecular complexity index is 422. The van der Waals surface area contributed by atoms with Crippen LogP contribution in [0.25, 0.3) is 0 Å². The molecule has 11 nitrogen and oxygen atoms in total. The normalized spacial score (nSPS) is 53.1. The van der Waals surface area contributed by atoms with Crippen molar-refractivity contribution in [3.8, 4) is 0 Å². The van der Waals surface area contributed by atoms with E-state index in [1.54, 1.807) is 0 Å². The minimum absolute atomic E-state index is 0.531. The Kier molecular flexibility index (Phi) is 6.45. The molecule has 0 spiro atoms. The van der Waals surface area contributed by atoms with Crippen molar-refractivity contribution in [1.82, 2.24) is 0 Å². The smallest absolute Gasteiger partial charge is 0.243 e. The number of hydrogen-bond acceptors (Lipinski definition) is 12. The molecule has 0 aromatic heterocycles. The molecule has 0 radical (unpaired) electrons. The summed E-state index contributed by atoms with van der Waals surface area (Å²) in [4.78, 5) is 0. The summed E-state index contributed by atoms with van der Waals surface area (Å²) in [6, 6.07) is 0. The lowest BCUT2D eigenvalue weighted by atomic mass is 9.98. The molecule has 12 heteroatoms. The van der Waals surface area contributed by atoms with E-state index in [2.05, 4.69) is 12.6 Å². The molecule has 24 heavy (non-hydrogen) atoms. The summed E-state index contributed by atoms with van der Waals surface area (Å²) in [5, 5.41) is 74.5. The third-order valence-electron chi connectivity index (χ3n) is 4.04. The largest absolute Gasteiger partial charge is 0.394 e. The molecular formula is C12H22O11S. The van der Waals surface area contributed by atoms with Gasteiger partial charge in [0.05, 0.1) is 13.2 Å². The van der Waals surface area contributed by atoms with E-state index in [4.69, 9.17) is 19.3 Å². The summed E-state index contributed by atoms with van der Waals surface area (Å²) in [6.45, 7) is -1.18. The van der Waals surface area contributed by atoms with Gasteiger partial charge in [0.15, 0.2) is 6.29 Å². The van der Waals surface area contributed by atoms with Crippen LogP contribution in [-0.4, -0.2) is 114 Å². The molecule has 2 heterocycles. The van der Waals surface area contributed by atoms with Gasteiger partial charge in [-0.3, -0.25) is 0 Å². The van der Waals surface area contributed by atoms with Crippen molar-refractivity contribution < 1.29 is 55.1 Å². The Morgan fingerprint density at radius 2 is 1.46 bits per heavy atom. The number of hydrogen-bond donors (Lipinski definition) is 9. The second-order valence-corrected chi connectivity index (χ2v) is 6.41. The first-order chi connectivity index (χ1) is 11.1. The molecule has 0 unspecified atom stereocenters. The zero-order valence-electron chi connectivity index (χ0n) is 12.4. The van der Waals surface area contributed by atoms with Gasteiger partial charge in [0.2, 0.25) is 5.12 Å². The van der Waals surface area contributed by atoms with E-state index in [0.29, 0.717) is 0 Å². The first-order valence-corrected chi connectivity index (χ1v) is 7.63. The number of aliphatic hydroxyl groups is 8. The second-order valence-electron chi connectivity index (χ2n) is 5.77. The van der Waals surface area contributed by atoms with Crippen LogP contribution >= 0.6 is 12.6 Å². The van der Waals surface area contributed by atoms with Crippen LogP contribution in [0.1, 0.15) is 0 Å². The average Bonchev–Trinajstić information content (AvgIpc) is 2.54. The van der Waals surface area contributed by atoms with Crippen LogP contribution in [-0.2, 0) is 14.2 Å². The van der Waals surface area contributed by atoms with E-state index in [9.17, 15) is 35.7 Å². The van der Waals surface area contributed by atoms with Crippen molar-refractivity contribution in [2.75, 3.05) is 13.2 Å². The highest BCUT2D eigenvalue weighted by Crippen LogP contribution is 2.31. The molecule has 0 aromatic carbocycles. The number of aliphatic hydroxyl groups excluding tert-OH is 7. The highest BCUT2D eigenvalue weighted by molar-refractivity contribution is 7.81. The topological polar surface area (TPSA) is 190 Å². The molecule has 0 bridgehead atoms. The molecule has 142 valence electrons. The summed E-state index contributed by atoms with van der Waals surface area (Å²) in [5.41, 5.74) is 0. The number of thiol groups is 1. The van der Waals surface area contributed by atoms with Crippen LogP contribution < -0.4 is 0 Å². The van der Waals surface area contributed by atoms with Crippen LogP contribution in [0.5, 0.6) is 0 Å². The van der Waals surface area contributed by atoms with Gasteiger partial charge in [-0.2, -0.15) is 0 Å². The maximum absolute atomic E-state index is 9.83. The van der Waals surface area contributed by atoms with Gasteiger partial charge >= 0.3 is 0 Å². The van der Waals surface area contributed by atoms with E-state index in [0.717, 1.165) is 0 Å². The Morgan fingerprint density at radius 1 is 0.875 bits per heavy atom. The van der Waals surface area contributed by atoms with Gasteiger partial charge < -0.3 is 55.1 Å². The fourth-order valence-electron chi connectivity index (χ4n) is 2.52. The molecule has 8 N–H and O–H groups in total. The molecule has 10 atom stereocenters. The maximum atomic E-state index is 9.83. The van der Waals surface area contributed by atoms with Crippen LogP contribution in [0.2, 0.25) is 0 Å². The monoisotopic (exact) mass is 374 g/mol. The van der Waals surface area contributed by atoms with Gasteiger partial charge in [-0.25, -0.2) is 0 Å². The predicted octanol–water partition coefficient (Wildman–Crippen LogP) is -5.14. The SMILES string of the molecule is OC[C@H]1O[C@H](OC[C@H]2O[C@@](O)(S)[C@H](O)[C@@H](O)[C@@H]2O)[C@H](O)[C@@H](O)[C@@H]1O. The van der Waals surface area contributed by atoms with Crippen molar-refractivity contribution in [3.05, 3.63) is 0 Å². The predicted molar refractivity (Wildman–Crippen MR) is 76.5 cm³/mol. The summed E-state index contributed by atoms with van der Waals surface area (Å²) in [6.07, 6.45) is -14.2. The summed E-state index contributed by atoms with van der Waals surface area (Å²) in [5.74, 6) is 0. The standard InChI is InChI=1S/C12H22O11S/c13-1-3-5(14)7(16)9(18)11(22-3)21-2-4-6(15)8(17)10(19)12(20,24)23-4/h3-11,13-20,24H,1-2H2/t3-,4-,5-,6-,7+,8+,9-,10-,11+,12-/m1/s1. The van der Waals surface area contributed by atoms with Crippen LogP contribution in [0.3, 0.4) is 0 Å². The van der Waals surface area contributed by atoms with Crippen molar-refractivity contribution in [1.29, 1.82) is 0 Å². The highest BCUT2D eigenvalue weighted by atomic mass is 32.1. The second kappa shape index (κ2) is 7.65. The Balaban J connectivity index is 1.99. The van der Waals surface area contributed by atoms with Crippen LogP contribution in [0, 0.1) is 0 Å². The quantitative estimate of drug-likeness (QED) is 0.169. The third-order valence-corrected chi connectivity index (χ3v) is 4.41. The average molecular weight is 374 g/mol. The molecular weight excluding hydrogens is 352 g/mol. The molecule has 0 aromatic rings. The van der Waals surface area contributed by atoms with Gasteiger partial charge in [-0.1, -0.05) is 0 Å². The molecule has 2 saturated heterocycles. The number of rotatable bonds is 4. The molecule has 0 amide bonds. The lowest BCUT2D eigenvalue weighted by molar-refractivity contribution is -0.333. The van der Waals surface area contributed by atoms with Gasteiger partial charge in [0.25, 0.3) is 0 Å². The van der Waals surface area contributed by atoms with E-state index < -0.39 is 73.5 Å². The van der Waals surface area contributed by atoms with Crippen molar-refractivity contribution >= 4 is 12.6 Å². The zero-order chi connectivity index (χ0) is 18.2. The first-order valence-electron chi connectivity index (χ1n) is 7.19. The van der Waals surface area contributed by atoms with Crippen LogP contribution in [0.4, 0.5) is 0 Å². The fourth-order valence-corrected chi connectivity index (χ4v) is 2.81. The molecule has 0 aliphatic carbocycles. The van der Waals surface area contributed by atoms with Crippen molar-refractivity contribution in [3.63, 3.8) is 0 Å². The van der Waals surface area contributed by atoms with E-state index in [1.807, 2.05) is 0 Å². The Hall–Kier alpha value is -0.0900. The van der Waals surface area contributed by atoms with Gasteiger partial charge in [-0.15, -0.1) is 12.6 Å². The number of ether oxygens (including phenoxy) is 3. The zero-order valence-corrected chi connectivity index (χ0v) is 13.3. The van der Waals surface area contributed by atoms with E-state index in [-0.39, 0.29) is 0 Å². The Labute approximate surface area is 142 Å². The summed E-state index contributed by atoms with van der Waals surface area (Å²) in [7, 11) is 0. The first kappa shape index (κ1) is 20.2. The maximum Gasteiger partial charge on any atom is 0.243 e. The van der Waals surface area contributed by atoms with Gasteiger partial charge in [0.1, 0.15) is 48.8 Å². The molecule has 2 rings (SSSR count). The minimum atomic E-state index is -2.44.